The second-order valence-corrected chi connectivity index (χ2v) is 16.9. The predicted molar refractivity (Wildman–Crippen MR) is 105 cm³/mol. The number of rotatable bonds is 9. The molecule has 126 valence electrons. The van der Waals surface area contributed by atoms with Crippen LogP contribution in [0.25, 0.3) is 0 Å². The minimum Gasteiger partial charge on any atom is -0.522 e. The molecule has 0 atom stereocenters. The molecular weight excluding hydrogens is 307 g/mol. The summed E-state index contributed by atoms with van der Waals surface area (Å²) in [6.07, 6.45) is 0. The van der Waals surface area contributed by atoms with E-state index in [2.05, 4.69) is 59.7 Å². The molecule has 4 heteroatoms. The van der Waals surface area contributed by atoms with E-state index in [1.165, 1.54) is 52.4 Å². The molecule has 0 unspecified atom stereocenters. The summed E-state index contributed by atoms with van der Waals surface area (Å²) in [7, 11) is -1.01. The maximum atomic E-state index is 6.05. The van der Waals surface area contributed by atoms with Crippen molar-refractivity contribution in [3.05, 3.63) is 18.2 Å². The van der Waals surface area contributed by atoms with Crippen LogP contribution >= 0.6 is 0 Å². The van der Waals surface area contributed by atoms with Crippen LogP contribution in [-0.4, -0.2) is 23.3 Å². The first-order valence-corrected chi connectivity index (χ1v) is 14.4. The Balaban J connectivity index is 0.00000484. The van der Waals surface area contributed by atoms with Crippen molar-refractivity contribution in [3.63, 3.8) is 0 Å². The van der Waals surface area contributed by atoms with Crippen molar-refractivity contribution in [1.82, 2.24) is 0 Å². The summed E-state index contributed by atoms with van der Waals surface area (Å²) < 4.78 is 6.05. The van der Waals surface area contributed by atoms with Gasteiger partial charge in [0.15, 0.2) is 0 Å². The first kappa shape index (κ1) is 23.1. The van der Waals surface area contributed by atoms with Crippen molar-refractivity contribution in [2.45, 2.75) is 77.8 Å². The minimum absolute atomic E-state index is 0. The van der Waals surface area contributed by atoms with Crippen LogP contribution in [0.15, 0.2) is 12.1 Å². The zero-order valence-electron chi connectivity index (χ0n) is 16.8. The molecule has 0 bridgehead atoms. The molecule has 0 aliphatic rings. The summed E-state index contributed by atoms with van der Waals surface area (Å²) in [5.41, 5.74) is 0. The number of benzene rings is 1. The third-order valence-corrected chi connectivity index (χ3v) is 17.5. The number of ether oxygens (including phenoxy) is 1. The Morgan fingerprint density at radius 3 is 1.26 bits per heavy atom. The molecule has 0 heterocycles. The standard InChI is InChI=1S/C19H35OSi2.Li/c1-8-21(9-2,10-3)17-15-14-16-18(19(17)20-7)22(11-4,12-5)13-6;/h15-16H,8-13H2,1-7H3;/q-1;+1. The largest absolute Gasteiger partial charge is 1.00 e. The number of methoxy groups -OCH3 is 1. The average molecular weight is 343 g/mol. The van der Waals surface area contributed by atoms with Gasteiger partial charge in [-0.15, -0.1) is 10.4 Å². The van der Waals surface area contributed by atoms with Gasteiger partial charge in [0, 0.05) is 21.9 Å². The van der Waals surface area contributed by atoms with Crippen LogP contribution in [-0.2, 0) is 0 Å². The summed E-state index contributed by atoms with van der Waals surface area (Å²) in [4.78, 5) is 0. The molecular formula is C19H35LiOSi2. The Hall–Kier alpha value is 0.0512. The summed E-state index contributed by atoms with van der Waals surface area (Å²) >= 11 is 0. The van der Waals surface area contributed by atoms with E-state index in [0.29, 0.717) is 0 Å². The van der Waals surface area contributed by atoms with Crippen LogP contribution in [0.5, 0.6) is 5.75 Å². The fourth-order valence-electron chi connectivity index (χ4n) is 4.13. The molecule has 0 fully saturated rings. The fourth-order valence-corrected chi connectivity index (χ4v) is 11.8. The quantitative estimate of drug-likeness (QED) is 0.492. The average Bonchev–Trinajstić information content (AvgIpc) is 2.59. The van der Waals surface area contributed by atoms with Crippen LogP contribution < -0.4 is 34.0 Å². The van der Waals surface area contributed by atoms with Crippen molar-refractivity contribution in [3.8, 4) is 5.75 Å². The second kappa shape index (κ2) is 10.1. The van der Waals surface area contributed by atoms with Crippen molar-refractivity contribution in [2.75, 3.05) is 7.11 Å². The van der Waals surface area contributed by atoms with E-state index in [1.807, 2.05) is 7.11 Å². The Kier molecular flexibility index (Phi) is 10.2. The molecule has 0 saturated carbocycles. The first-order chi connectivity index (χ1) is 10.5. The maximum Gasteiger partial charge on any atom is 1.00 e. The van der Waals surface area contributed by atoms with E-state index in [9.17, 15) is 0 Å². The first-order valence-electron chi connectivity index (χ1n) is 9.13. The third-order valence-electron chi connectivity index (χ3n) is 6.35. The van der Waals surface area contributed by atoms with E-state index in [-0.39, 0.29) is 18.9 Å². The van der Waals surface area contributed by atoms with Crippen molar-refractivity contribution in [2.24, 2.45) is 0 Å². The Morgan fingerprint density at radius 2 is 1.04 bits per heavy atom. The zero-order valence-corrected chi connectivity index (χ0v) is 18.8. The van der Waals surface area contributed by atoms with Gasteiger partial charge < -0.3 is 4.74 Å². The summed E-state index contributed by atoms with van der Waals surface area (Å²) in [6.45, 7) is 14.2. The molecule has 1 rings (SSSR count). The molecule has 0 aliphatic heterocycles. The number of hydrogen-bond acceptors (Lipinski definition) is 1. The molecule has 0 radical (unpaired) electrons. The molecule has 0 aliphatic carbocycles. The molecule has 0 saturated heterocycles. The van der Waals surface area contributed by atoms with E-state index in [0.717, 1.165) is 0 Å². The SMILES string of the molecule is CC[Si](CC)(CC)c1c[c-]cc([Si](CC)(CC)CC)c1OC.[Li+]. The summed E-state index contributed by atoms with van der Waals surface area (Å²) in [5.74, 6) is 1.24. The van der Waals surface area contributed by atoms with Gasteiger partial charge in [-0.3, -0.25) is 0 Å². The summed E-state index contributed by atoms with van der Waals surface area (Å²) in [5, 5.41) is 3.07. The van der Waals surface area contributed by atoms with Gasteiger partial charge >= 0.3 is 18.9 Å². The third kappa shape index (κ3) is 4.18. The molecule has 23 heavy (non-hydrogen) atoms. The molecule has 0 aromatic heterocycles. The Bertz CT molecular complexity index is 414. The van der Waals surface area contributed by atoms with Crippen molar-refractivity contribution in [1.29, 1.82) is 0 Å². The van der Waals surface area contributed by atoms with Crippen molar-refractivity contribution >= 4 is 26.5 Å². The van der Waals surface area contributed by atoms with Gasteiger partial charge in [-0.25, -0.2) is 0 Å². The fraction of sp³-hybridized carbons (Fsp3) is 0.684. The van der Waals surface area contributed by atoms with E-state index >= 15 is 0 Å². The van der Waals surface area contributed by atoms with E-state index < -0.39 is 16.1 Å². The van der Waals surface area contributed by atoms with E-state index in [4.69, 9.17) is 4.74 Å². The molecule has 0 spiro atoms. The number of hydrogen-bond donors (Lipinski definition) is 0. The second-order valence-electron chi connectivity index (χ2n) is 6.50. The smallest absolute Gasteiger partial charge is 0.522 e. The Morgan fingerprint density at radius 1 is 0.739 bits per heavy atom. The van der Waals surface area contributed by atoms with Gasteiger partial charge in [-0.2, -0.15) is 18.2 Å². The van der Waals surface area contributed by atoms with Gasteiger partial charge in [0.2, 0.25) is 0 Å². The van der Waals surface area contributed by atoms with Crippen LogP contribution in [0.2, 0.25) is 36.3 Å². The summed E-state index contributed by atoms with van der Waals surface area (Å²) in [6, 6.07) is 15.8. The van der Waals surface area contributed by atoms with Gasteiger partial charge in [-0.05, 0) is 0 Å². The zero-order chi connectivity index (χ0) is 16.8. The monoisotopic (exact) mass is 342 g/mol. The van der Waals surface area contributed by atoms with Gasteiger partial charge in [0.1, 0.15) is 0 Å². The Labute approximate surface area is 158 Å². The molecule has 1 nitrogen and oxygen atoms in total. The molecule has 0 amide bonds. The van der Waals surface area contributed by atoms with Crippen LogP contribution in [0.3, 0.4) is 0 Å². The van der Waals surface area contributed by atoms with Gasteiger partial charge in [0.25, 0.3) is 0 Å². The molecule has 1 aromatic carbocycles. The van der Waals surface area contributed by atoms with Gasteiger partial charge in [-0.1, -0.05) is 77.8 Å². The topological polar surface area (TPSA) is 9.23 Å². The van der Waals surface area contributed by atoms with Crippen LogP contribution in [0, 0.1) is 6.07 Å². The molecule has 1 aromatic rings. The molecule has 0 N–H and O–H groups in total. The predicted octanol–water partition coefficient (Wildman–Crippen LogP) is 1.93. The van der Waals surface area contributed by atoms with E-state index in [1.54, 1.807) is 0 Å². The van der Waals surface area contributed by atoms with Crippen LogP contribution in [0.4, 0.5) is 0 Å². The van der Waals surface area contributed by atoms with Crippen molar-refractivity contribution < 1.29 is 23.6 Å². The minimum atomic E-state index is -1.44. The normalized spacial score (nSPS) is 12.0. The maximum absolute atomic E-state index is 6.05. The van der Waals surface area contributed by atoms with Gasteiger partial charge in [0.05, 0.1) is 7.11 Å². The van der Waals surface area contributed by atoms with Crippen LogP contribution in [0.1, 0.15) is 41.5 Å².